The number of aromatic nitrogens is 5. The Morgan fingerprint density at radius 1 is 1.02 bits per heavy atom. The van der Waals surface area contributed by atoms with Crippen LogP contribution in [0, 0.1) is 0 Å². The maximum absolute atomic E-state index is 13.6. The lowest BCUT2D eigenvalue weighted by Crippen LogP contribution is -2.53. The van der Waals surface area contributed by atoms with Crippen molar-refractivity contribution in [2.24, 2.45) is 0 Å². The van der Waals surface area contributed by atoms with Crippen LogP contribution in [0.1, 0.15) is 45.2 Å². The van der Waals surface area contributed by atoms with Gasteiger partial charge in [0.05, 0.1) is 6.54 Å². The average Bonchev–Trinajstić information content (AvgIpc) is 3.19. The van der Waals surface area contributed by atoms with Gasteiger partial charge >= 0.3 is 0 Å². The molecule has 0 atom stereocenters. The van der Waals surface area contributed by atoms with E-state index in [0.29, 0.717) is 53.9 Å². The number of anilines is 3. The van der Waals surface area contributed by atoms with E-state index in [9.17, 15) is 9.59 Å². The summed E-state index contributed by atoms with van der Waals surface area (Å²) >= 11 is 0. The molecule has 11 heteroatoms. The molecule has 2 bridgehead atoms. The van der Waals surface area contributed by atoms with Gasteiger partial charge in [0.2, 0.25) is 5.95 Å². The standard InChI is InChI=1S/C31H34N8O3/c1-30(2)18-36(5)17-19-9-10-20(15-22(19)30)33-29-32-16-21-25(35-29)39-24-12-11-23-26(34-24)37(28(41)31(3,4)42-23)13-7-6-8-14-38(39)27(21)40/h6,8-12,15-16H,7,13-14,17-18H2,1-5H3,(H,32,33,35). The second-order valence-electron chi connectivity index (χ2n) is 12.5. The Morgan fingerprint density at radius 3 is 2.69 bits per heavy atom. The molecule has 216 valence electrons. The van der Waals surface area contributed by atoms with E-state index < -0.39 is 5.60 Å². The van der Waals surface area contributed by atoms with Crippen LogP contribution in [-0.2, 0) is 23.3 Å². The van der Waals surface area contributed by atoms with Crippen molar-refractivity contribution in [1.29, 1.82) is 0 Å². The molecule has 1 amide bonds. The number of rotatable bonds is 2. The van der Waals surface area contributed by atoms with E-state index in [-0.39, 0.29) is 16.9 Å². The molecular formula is C31H34N8O3. The fourth-order valence-corrected chi connectivity index (χ4v) is 6.40. The number of carbonyl (C=O) groups is 1. The topological polar surface area (TPSA) is 110 Å². The lowest BCUT2D eigenvalue weighted by molar-refractivity contribution is -0.132. The van der Waals surface area contributed by atoms with Gasteiger partial charge in [0.15, 0.2) is 28.6 Å². The van der Waals surface area contributed by atoms with E-state index in [1.807, 2.05) is 18.2 Å². The number of amides is 1. The van der Waals surface area contributed by atoms with Crippen molar-refractivity contribution in [3.63, 3.8) is 0 Å². The number of allylic oxidation sites excluding steroid dienone is 1. The van der Waals surface area contributed by atoms with Gasteiger partial charge < -0.3 is 15.0 Å². The van der Waals surface area contributed by atoms with E-state index in [4.69, 9.17) is 14.7 Å². The van der Waals surface area contributed by atoms with Crippen LogP contribution in [0.4, 0.5) is 17.5 Å². The Labute approximate surface area is 243 Å². The smallest absolute Gasteiger partial charge is 0.278 e. The highest BCUT2D eigenvalue weighted by molar-refractivity contribution is 6.01. The zero-order chi connectivity index (χ0) is 29.4. The fourth-order valence-electron chi connectivity index (χ4n) is 6.40. The van der Waals surface area contributed by atoms with Gasteiger partial charge in [-0.05, 0) is 62.7 Å². The molecule has 0 fully saturated rings. The fraction of sp³-hybridized carbons (Fsp3) is 0.387. The second kappa shape index (κ2) is 9.25. The third kappa shape index (κ3) is 4.18. The molecular weight excluding hydrogens is 532 g/mol. The summed E-state index contributed by atoms with van der Waals surface area (Å²) in [4.78, 5) is 45.0. The summed E-state index contributed by atoms with van der Waals surface area (Å²) in [7, 11) is 2.15. The molecule has 7 rings (SSSR count). The quantitative estimate of drug-likeness (QED) is 0.364. The number of benzene rings is 1. The van der Waals surface area contributed by atoms with Crippen molar-refractivity contribution in [2.45, 2.75) is 58.2 Å². The number of fused-ring (bicyclic) bond motifs is 6. The van der Waals surface area contributed by atoms with E-state index in [1.54, 1.807) is 46.4 Å². The molecule has 0 radical (unpaired) electrons. The van der Waals surface area contributed by atoms with Gasteiger partial charge in [-0.25, -0.2) is 19.3 Å². The van der Waals surface area contributed by atoms with Crippen molar-refractivity contribution < 1.29 is 9.53 Å². The van der Waals surface area contributed by atoms with Gasteiger partial charge in [0, 0.05) is 36.9 Å². The molecule has 1 aromatic carbocycles. The largest absolute Gasteiger partial charge is 0.474 e. The molecule has 11 nitrogen and oxygen atoms in total. The maximum atomic E-state index is 13.6. The first-order valence-corrected chi connectivity index (χ1v) is 14.3. The molecule has 6 heterocycles. The number of hydrogen-bond acceptors (Lipinski definition) is 8. The molecule has 4 aromatic rings. The van der Waals surface area contributed by atoms with Gasteiger partial charge in [-0.15, -0.1) is 0 Å². The van der Waals surface area contributed by atoms with Crippen LogP contribution in [0.25, 0.3) is 16.9 Å². The number of nitrogens with one attached hydrogen (secondary N) is 1. The first-order valence-electron chi connectivity index (χ1n) is 14.3. The van der Waals surface area contributed by atoms with E-state index in [1.165, 1.54) is 11.1 Å². The van der Waals surface area contributed by atoms with Crippen LogP contribution in [0.3, 0.4) is 0 Å². The minimum absolute atomic E-state index is 0.00601. The third-order valence-electron chi connectivity index (χ3n) is 8.26. The zero-order valence-corrected chi connectivity index (χ0v) is 24.5. The summed E-state index contributed by atoms with van der Waals surface area (Å²) in [6.07, 6.45) is 6.09. The summed E-state index contributed by atoms with van der Waals surface area (Å²) in [6, 6.07) is 9.96. The number of carbonyl (C=O) groups excluding carboxylic acids is 1. The first-order chi connectivity index (χ1) is 20.0. The van der Waals surface area contributed by atoms with Crippen LogP contribution in [-0.4, -0.2) is 60.9 Å². The van der Waals surface area contributed by atoms with Gasteiger partial charge in [-0.2, -0.15) is 4.98 Å². The number of nitrogens with zero attached hydrogens (tertiary/aromatic N) is 7. The molecule has 0 aliphatic carbocycles. The van der Waals surface area contributed by atoms with Crippen molar-refractivity contribution in [1.82, 2.24) is 29.2 Å². The lowest BCUT2D eigenvalue weighted by Gasteiger charge is -2.38. The highest BCUT2D eigenvalue weighted by Crippen LogP contribution is 2.38. The minimum atomic E-state index is -1.00. The van der Waals surface area contributed by atoms with Crippen molar-refractivity contribution in [3.05, 3.63) is 70.2 Å². The van der Waals surface area contributed by atoms with Crippen LogP contribution >= 0.6 is 0 Å². The minimum Gasteiger partial charge on any atom is -0.474 e. The molecule has 0 saturated heterocycles. The summed E-state index contributed by atoms with van der Waals surface area (Å²) in [5.74, 6) is 1.63. The molecule has 1 N–H and O–H groups in total. The average molecular weight is 567 g/mol. The molecule has 3 aliphatic rings. The van der Waals surface area contributed by atoms with Crippen molar-refractivity contribution in [2.75, 3.05) is 30.4 Å². The second-order valence-corrected chi connectivity index (χ2v) is 12.5. The predicted octanol–water partition coefficient (Wildman–Crippen LogP) is 3.91. The number of ether oxygens (including phenoxy) is 1. The van der Waals surface area contributed by atoms with Crippen molar-refractivity contribution in [3.8, 4) is 11.6 Å². The third-order valence-corrected chi connectivity index (χ3v) is 8.26. The maximum Gasteiger partial charge on any atom is 0.278 e. The number of hydrogen-bond donors (Lipinski definition) is 1. The summed E-state index contributed by atoms with van der Waals surface area (Å²) in [5.41, 5.74) is 2.70. The van der Waals surface area contributed by atoms with Crippen LogP contribution < -0.4 is 20.5 Å². The Kier molecular flexibility index (Phi) is 5.81. The molecule has 3 aromatic heterocycles. The van der Waals surface area contributed by atoms with Crippen LogP contribution in [0.15, 0.2) is 53.5 Å². The van der Waals surface area contributed by atoms with Gasteiger partial charge in [0.1, 0.15) is 5.39 Å². The predicted molar refractivity (Wildman–Crippen MR) is 161 cm³/mol. The number of pyridine rings is 1. The normalized spacial score (nSPS) is 19.1. The Hall–Kier alpha value is -4.51. The van der Waals surface area contributed by atoms with E-state index in [2.05, 4.69) is 48.2 Å². The SMILES string of the molecule is CN1Cc2ccc(Nc3ncc4c(=O)n5n(c4n3)-c3ccc4c(n3)N(CCC=CC5)C(=O)C(C)(C)O4)cc2C(C)(C)C1. The monoisotopic (exact) mass is 566 g/mol. The van der Waals surface area contributed by atoms with Gasteiger partial charge in [0.25, 0.3) is 11.5 Å². The number of likely N-dealkylation sites (N-methyl/N-ethyl adjacent to an activating group) is 1. The summed E-state index contributed by atoms with van der Waals surface area (Å²) < 4.78 is 9.33. The highest BCUT2D eigenvalue weighted by Gasteiger charge is 2.42. The van der Waals surface area contributed by atoms with Gasteiger partial charge in [-0.3, -0.25) is 14.5 Å². The molecule has 0 unspecified atom stereocenters. The molecule has 3 aliphatic heterocycles. The van der Waals surface area contributed by atoms with Gasteiger partial charge in [-0.1, -0.05) is 32.1 Å². The van der Waals surface area contributed by atoms with Crippen molar-refractivity contribution >= 4 is 34.4 Å². The Bertz CT molecular complexity index is 1850. The first kappa shape index (κ1) is 26.4. The van der Waals surface area contributed by atoms with E-state index >= 15 is 0 Å². The molecule has 0 saturated carbocycles. The van der Waals surface area contributed by atoms with E-state index in [0.717, 1.165) is 18.8 Å². The zero-order valence-electron chi connectivity index (χ0n) is 24.5. The molecule has 42 heavy (non-hydrogen) atoms. The Morgan fingerprint density at radius 2 is 1.86 bits per heavy atom. The Balaban J connectivity index is 1.34. The van der Waals surface area contributed by atoms with Crippen LogP contribution in [0.5, 0.6) is 5.75 Å². The van der Waals surface area contributed by atoms with Crippen LogP contribution in [0.2, 0.25) is 0 Å². The lowest BCUT2D eigenvalue weighted by atomic mass is 9.78. The summed E-state index contributed by atoms with van der Waals surface area (Å²) in [6.45, 7) is 10.7. The molecule has 0 spiro atoms. The summed E-state index contributed by atoms with van der Waals surface area (Å²) in [5, 5.41) is 3.74. The highest BCUT2D eigenvalue weighted by atomic mass is 16.5.